The summed E-state index contributed by atoms with van der Waals surface area (Å²) in [4.78, 5) is 15.6. The lowest BCUT2D eigenvalue weighted by Crippen LogP contribution is -2.47. The van der Waals surface area contributed by atoms with Crippen molar-refractivity contribution >= 4 is 6.03 Å². The Balaban J connectivity index is 2.35. The van der Waals surface area contributed by atoms with Crippen molar-refractivity contribution in [1.29, 1.82) is 0 Å². The number of carbonyl (C=O) groups excluding carboxylic acids is 1. The van der Waals surface area contributed by atoms with Gasteiger partial charge in [0.2, 0.25) is 0 Å². The Labute approximate surface area is 127 Å². The molecule has 1 aromatic carbocycles. The lowest BCUT2D eigenvalue weighted by atomic mass is 10.2. The fourth-order valence-electron chi connectivity index (χ4n) is 2.27. The predicted molar refractivity (Wildman–Crippen MR) is 85.1 cm³/mol. The lowest BCUT2D eigenvalue weighted by molar-refractivity contribution is 0.141. The second kappa shape index (κ2) is 8.64. The zero-order valence-corrected chi connectivity index (χ0v) is 13.4. The highest BCUT2D eigenvalue weighted by Crippen LogP contribution is 2.03. The molecule has 2 atom stereocenters. The van der Waals surface area contributed by atoms with Gasteiger partial charge in [0.15, 0.2) is 0 Å². The van der Waals surface area contributed by atoms with Gasteiger partial charge < -0.3 is 20.2 Å². The Bertz CT molecular complexity index is 423. The number of hydrogen-bond donors (Lipinski definition) is 2. The summed E-state index contributed by atoms with van der Waals surface area (Å²) in [6.07, 6.45) is -0.517. The van der Waals surface area contributed by atoms with Crippen LogP contribution in [0.1, 0.15) is 19.4 Å². The molecule has 0 aliphatic carbocycles. The standard InChI is InChI=1S/C16H27N3O2/c1-13(17-16(21)19(4)11-14(2)20)10-18(3)12-15-8-6-5-7-9-15/h5-9,13-14,20H,10-12H2,1-4H3,(H,17,21). The third kappa shape index (κ3) is 7.11. The van der Waals surface area contributed by atoms with Crippen LogP contribution in [-0.2, 0) is 6.54 Å². The molecule has 0 saturated heterocycles. The van der Waals surface area contributed by atoms with E-state index in [2.05, 4.69) is 22.3 Å². The predicted octanol–water partition coefficient (Wildman–Crippen LogP) is 1.53. The summed E-state index contributed by atoms with van der Waals surface area (Å²) in [6, 6.07) is 10.1. The van der Waals surface area contributed by atoms with Gasteiger partial charge in [0.05, 0.1) is 6.10 Å². The van der Waals surface area contributed by atoms with Crippen molar-refractivity contribution in [3.05, 3.63) is 35.9 Å². The summed E-state index contributed by atoms with van der Waals surface area (Å²) in [5.74, 6) is 0. The van der Waals surface area contributed by atoms with Gasteiger partial charge >= 0.3 is 6.03 Å². The summed E-state index contributed by atoms with van der Waals surface area (Å²) in [7, 11) is 3.72. The molecule has 0 heterocycles. The number of aliphatic hydroxyl groups is 1. The molecule has 0 spiro atoms. The number of aliphatic hydroxyl groups excluding tert-OH is 1. The Morgan fingerprint density at radius 3 is 2.38 bits per heavy atom. The smallest absolute Gasteiger partial charge is 0.317 e. The average Bonchev–Trinajstić information content (AvgIpc) is 2.38. The van der Waals surface area contributed by atoms with E-state index in [1.807, 2.05) is 32.2 Å². The molecule has 118 valence electrons. The molecule has 2 N–H and O–H groups in total. The number of carbonyl (C=O) groups is 1. The van der Waals surface area contributed by atoms with Gasteiger partial charge in [-0.2, -0.15) is 0 Å². The first kappa shape index (κ1) is 17.5. The summed E-state index contributed by atoms with van der Waals surface area (Å²) >= 11 is 0. The van der Waals surface area contributed by atoms with Crippen molar-refractivity contribution in [1.82, 2.24) is 15.1 Å². The molecule has 2 unspecified atom stereocenters. The molecule has 5 nitrogen and oxygen atoms in total. The molecule has 0 aromatic heterocycles. The molecule has 0 bridgehead atoms. The molecule has 5 heteroatoms. The summed E-state index contributed by atoms with van der Waals surface area (Å²) < 4.78 is 0. The molecule has 1 rings (SSSR count). The summed E-state index contributed by atoms with van der Waals surface area (Å²) in [5, 5.41) is 12.2. The van der Waals surface area contributed by atoms with Crippen LogP contribution in [0.2, 0.25) is 0 Å². The molecule has 0 aliphatic heterocycles. The number of amides is 2. The maximum atomic E-state index is 11.9. The Hall–Kier alpha value is -1.59. The minimum absolute atomic E-state index is 0.0441. The van der Waals surface area contributed by atoms with Crippen LogP contribution >= 0.6 is 0 Å². The van der Waals surface area contributed by atoms with Crippen LogP contribution in [0.3, 0.4) is 0 Å². The molecule has 21 heavy (non-hydrogen) atoms. The van der Waals surface area contributed by atoms with E-state index < -0.39 is 6.10 Å². The number of urea groups is 1. The number of benzene rings is 1. The van der Waals surface area contributed by atoms with E-state index in [0.717, 1.165) is 13.1 Å². The Morgan fingerprint density at radius 1 is 1.19 bits per heavy atom. The average molecular weight is 293 g/mol. The minimum Gasteiger partial charge on any atom is -0.392 e. The zero-order chi connectivity index (χ0) is 15.8. The monoisotopic (exact) mass is 293 g/mol. The first-order chi connectivity index (χ1) is 9.88. The van der Waals surface area contributed by atoms with E-state index >= 15 is 0 Å². The number of likely N-dealkylation sites (N-methyl/N-ethyl adjacent to an activating group) is 2. The van der Waals surface area contributed by atoms with Gasteiger partial charge in [-0.25, -0.2) is 4.79 Å². The van der Waals surface area contributed by atoms with Gasteiger partial charge in [-0.1, -0.05) is 30.3 Å². The highest BCUT2D eigenvalue weighted by Gasteiger charge is 2.14. The van der Waals surface area contributed by atoms with E-state index in [0.29, 0.717) is 6.54 Å². The molecule has 0 fully saturated rings. The van der Waals surface area contributed by atoms with E-state index in [1.54, 1.807) is 14.0 Å². The van der Waals surface area contributed by atoms with Crippen molar-refractivity contribution in [2.45, 2.75) is 32.5 Å². The highest BCUT2D eigenvalue weighted by atomic mass is 16.3. The fourth-order valence-corrected chi connectivity index (χ4v) is 2.27. The fraction of sp³-hybridized carbons (Fsp3) is 0.562. The lowest BCUT2D eigenvalue weighted by Gasteiger charge is -2.25. The third-order valence-corrected chi connectivity index (χ3v) is 3.14. The first-order valence-corrected chi connectivity index (χ1v) is 7.30. The first-order valence-electron chi connectivity index (χ1n) is 7.30. The van der Waals surface area contributed by atoms with E-state index in [-0.39, 0.29) is 12.1 Å². The van der Waals surface area contributed by atoms with Gasteiger partial charge in [-0.05, 0) is 26.5 Å². The number of hydrogen-bond acceptors (Lipinski definition) is 3. The zero-order valence-electron chi connectivity index (χ0n) is 13.4. The molecular weight excluding hydrogens is 266 g/mol. The van der Waals surface area contributed by atoms with Crippen LogP contribution in [0, 0.1) is 0 Å². The number of nitrogens with one attached hydrogen (secondary N) is 1. The van der Waals surface area contributed by atoms with E-state index in [1.165, 1.54) is 10.5 Å². The van der Waals surface area contributed by atoms with Crippen LogP contribution in [0.25, 0.3) is 0 Å². The number of rotatable bonds is 7. The van der Waals surface area contributed by atoms with Crippen molar-refractivity contribution < 1.29 is 9.90 Å². The molecule has 0 aliphatic rings. The maximum Gasteiger partial charge on any atom is 0.317 e. The van der Waals surface area contributed by atoms with Crippen molar-refractivity contribution in [2.75, 3.05) is 27.2 Å². The molecule has 0 saturated carbocycles. The van der Waals surface area contributed by atoms with Gasteiger partial charge in [-0.15, -0.1) is 0 Å². The second-order valence-corrected chi connectivity index (χ2v) is 5.76. The normalized spacial score (nSPS) is 13.8. The quantitative estimate of drug-likeness (QED) is 0.801. The van der Waals surface area contributed by atoms with E-state index in [4.69, 9.17) is 0 Å². The largest absolute Gasteiger partial charge is 0.392 e. The topological polar surface area (TPSA) is 55.8 Å². The maximum absolute atomic E-state index is 11.9. The van der Waals surface area contributed by atoms with Crippen LogP contribution < -0.4 is 5.32 Å². The third-order valence-electron chi connectivity index (χ3n) is 3.14. The SMILES string of the molecule is CC(O)CN(C)C(=O)NC(C)CN(C)Cc1ccccc1. The van der Waals surface area contributed by atoms with Crippen LogP contribution in [0.15, 0.2) is 30.3 Å². The van der Waals surface area contributed by atoms with Crippen molar-refractivity contribution in [3.8, 4) is 0 Å². The molecular formula is C16H27N3O2. The van der Waals surface area contributed by atoms with Crippen molar-refractivity contribution in [2.24, 2.45) is 0 Å². The summed E-state index contributed by atoms with van der Waals surface area (Å²) in [5.41, 5.74) is 1.25. The van der Waals surface area contributed by atoms with Crippen LogP contribution in [0.5, 0.6) is 0 Å². The summed E-state index contributed by atoms with van der Waals surface area (Å²) in [6.45, 7) is 5.60. The van der Waals surface area contributed by atoms with Gasteiger partial charge in [0, 0.05) is 32.7 Å². The second-order valence-electron chi connectivity index (χ2n) is 5.76. The van der Waals surface area contributed by atoms with Gasteiger partial charge in [0.1, 0.15) is 0 Å². The van der Waals surface area contributed by atoms with Gasteiger partial charge in [0.25, 0.3) is 0 Å². The Kier molecular flexibility index (Phi) is 7.19. The van der Waals surface area contributed by atoms with E-state index in [9.17, 15) is 9.90 Å². The minimum atomic E-state index is -0.517. The molecule has 0 radical (unpaired) electrons. The number of nitrogens with zero attached hydrogens (tertiary/aromatic N) is 2. The Morgan fingerprint density at radius 2 is 1.81 bits per heavy atom. The van der Waals surface area contributed by atoms with Crippen molar-refractivity contribution in [3.63, 3.8) is 0 Å². The molecule has 2 amide bonds. The van der Waals surface area contributed by atoms with Gasteiger partial charge in [-0.3, -0.25) is 0 Å². The van der Waals surface area contributed by atoms with Crippen LogP contribution in [-0.4, -0.2) is 60.3 Å². The van der Waals surface area contributed by atoms with Crippen LogP contribution in [0.4, 0.5) is 4.79 Å². The highest BCUT2D eigenvalue weighted by molar-refractivity contribution is 5.74. The molecule has 1 aromatic rings.